The number of nitro groups is 1. The lowest BCUT2D eigenvalue weighted by atomic mass is 9.89. The van der Waals surface area contributed by atoms with E-state index < -0.39 is 0 Å². The molecule has 0 aliphatic heterocycles. The normalized spacial score (nSPS) is 30.8. The average molecular weight is 157 g/mol. The van der Waals surface area contributed by atoms with Crippen LogP contribution in [0, 0.1) is 15.5 Å². The Kier molecular flexibility index (Phi) is 1.93. The van der Waals surface area contributed by atoms with Crippen molar-refractivity contribution in [2.45, 2.75) is 26.2 Å². The molecule has 0 heterocycles. The largest absolute Gasteiger partial charge is 0.300 e. The topological polar surface area (TPSA) is 60.2 Å². The Balaban J connectivity index is 2.55. The van der Waals surface area contributed by atoms with Gasteiger partial charge in [-0.05, 0) is 6.42 Å². The molecule has 1 atom stereocenters. The summed E-state index contributed by atoms with van der Waals surface area (Å²) in [4.78, 5) is 20.6. The van der Waals surface area contributed by atoms with Crippen molar-refractivity contribution in [2.75, 3.05) is 6.54 Å². The molecule has 11 heavy (non-hydrogen) atoms. The molecule has 0 amide bonds. The Hall–Kier alpha value is -0.930. The summed E-state index contributed by atoms with van der Waals surface area (Å²) in [6.07, 6.45) is 1.57. The summed E-state index contributed by atoms with van der Waals surface area (Å²) < 4.78 is 0. The van der Waals surface area contributed by atoms with Crippen LogP contribution in [0.3, 0.4) is 0 Å². The van der Waals surface area contributed by atoms with Crippen LogP contribution in [-0.2, 0) is 4.79 Å². The highest BCUT2D eigenvalue weighted by molar-refractivity contribution is 5.81. The molecule has 1 aliphatic carbocycles. The molecular formula is C7H11NO3. The first-order valence-electron chi connectivity index (χ1n) is 3.65. The Morgan fingerprint density at radius 3 is 2.73 bits per heavy atom. The molecule has 0 N–H and O–H groups in total. The van der Waals surface area contributed by atoms with Crippen LogP contribution in [0.15, 0.2) is 0 Å². The molecule has 0 aromatic rings. The summed E-state index contributed by atoms with van der Waals surface area (Å²) in [6, 6.07) is 0. The summed E-state index contributed by atoms with van der Waals surface area (Å²) in [7, 11) is 0. The predicted octanol–water partition coefficient (Wildman–Crippen LogP) is 1.02. The zero-order valence-electron chi connectivity index (χ0n) is 6.50. The van der Waals surface area contributed by atoms with Gasteiger partial charge in [0.15, 0.2) is 0 Å². The zero-order valence-corrected chi connectivity index (χ0v) is 6.50. The van der Waals surface area contributed by atoms with E-state index in [2.05, 4.69) is 0 Å². The summed E-state index contributed by atoms with van der Waals surface area (Å²) in [5.74, 6) is 0.161. The van der Waals surface area contributed by atoms with E-state index in [4.69, 9.17) is 0 Å². The molecule has 0 saturated heterocycles. The lowest BCUT2D eigenvalue weighted by Crippen LogP contribution is -2.23. The number of nitrogens with zero attached hydrogens (tertiary/aromatic N) is 1. The predicted molar refractivity (Wildman–Crippen MR) is 38.8 cm³/mol. The smallest absolute Gasteiger partial charge is 0.209 e. The fraction of sp³-hybridized carbons (Fsp3) is 0.857. The molecule has 1 rings (SSSR count). The van der Waals surface area contributed by atoms with E-state index in [1.807, 2.05) is 0 Å². The van der Waals surface area contributed by atoms with E-state index >= 15 is 0 Å². The van der Waals surface area contributed by atoms with Crippen LogP contribution < -0.4 is 0 Å². The van der Waals surface area contributed by atoms with Gasteiger partial charge in [0.1, 0.15) is 5.78 Å². The van der Waals surface area contributed by atoms with Crippen molar-refractivity contribution in [1.82, 2.24) is 0 Å². The first-order valence-corrected chi connectivity index (χ1v) is 3.65. The van der Waals surface area contributed by atoms with Gasteiger partial charge < -0.3 is 0 Å². The van der Waals surface area contributed by atoms with Crippen LogP contribution in [0.2, 0.25) is 0 Å². The molecule has 1 aliphatic rings. The summed E-state index contributed by atoms with van der Waals surface area (Å²) in [5, 5.41) is 10.2. The maximum atomic E-state index is 10.8. The fourth-order valence-corrected chi connectivity index (χ4v) is 1.54. The molecule has 0 aromatic heterocycles. The van der Waals surface area contributed by atoms with E-state index in [-0.39, 0.29) is 22.7 Å². The van der Waals surface area contributed by atoms with Gasteiger partial charge in [-0.2, -0.15) is 0 Å². The third-order valence-corrected chi connectivity index (χ3v) is 2.14. The average Bonchev–Trinajstić information content (AvgIpc) is 2.08. The first kappa shape index (κ1) is 8.17. The Labute approximate surface area is 64.7 Å². The van der Waals surface area contributed by atoms with E-state index in [0.717, 1.165) is 0 Å². The van der Waals surface area contributed by atoms with Crippen molar-refractivity contribution < 1.29 is 9.72 Å². The standard InChI is InChI=1S/C7H11NO3/c1-7(5-8(10)11)3-2-6(9)4-7/h2-5H2,1H3. The van der Waals surface area contributed by atoms with Crippen molar-refractivity contribution in [3.8, 4) is 0 Å². The Morgan fingerprint density at radius 2 is 2.36 bits per heavy atom. The fourth-order valence-electron chi connectivity index (χ4n) is 1.54. The maximum absolute atomic E-state index is 10.8. The molecule has 4 nitrogen and oxygen atoms in total. The molecule has 0 radical (unpaired) electrons. The number of hydrogen-bond donors (Lipinski definition) is 0. The maximum Gasteiger partial charge on any atom is 0.209 e. The molecule has 0 spiro atoms. The summed E-state index contributed by atoms with van der Waals surface area (Å²) >= 11 is 0. The minimum Gasteiger partial charge on any atom is -0.300 e. The summed E-state index contributed by atoms with van der Waals surface area (Å²) in [5.41, 5.74) is -0.361. The number of carbonyl (C=O) groups excluding carboxylic acids is 1. The van der Waals surface area contributed by atoms with Crippen LogP contribution >= 0.6 is 0 Å². The van der Waals surface area contributed by atoms with Crippen LogP contribution in [-0.4, -0.2) is 17.3 Å². The van der Waals surface area contributed by atoms with Gasteiger partial charge in [0.05, 0.1) is 0 Å². The minimum atomic E-state index is -0.361. The van der Waals surface area contributed by atoms with Gasteiger partial charge in [-0.25, -0.2) is 0 Å². The lowest BCUT2D eigenvalue weighted by Gasteiger charge is -2.15. The highest BCUT2D eigenvalue weighted by Crippen LogP contribution is 2.35. The summed E-state index contributed by atoms with van der Waals surface area (Å²) in [6.45, 7) is 1.74. The third-order valence-electron chi connectivity index (χ3n) is 2.14. The van der Waals surface area contributed by atoms with Crippen molar-refractivity contribution in [3.63, 3.8) is 0 Å². The van der Waals surface area contributed by atoms with E-state index in [9.17, 15) is 14.9 Å². The van der Waals surface area contributed by atoms with Gasteiger partial charge in [0.2, 0.25) is 6.54 Å². The van der Waals surface area contributed by atoms with Gasteiger partial charge in [-0.1, -0.05) is 6.92 Å². The van der Waals surface area contributed by atoms with Gasteiger partial charge in [-0.15, -0.1) is 0 Å². The molecule has 62 valence electrons. The number of hydrogen-bond acceptors (Lipinski definition) is 3. The van der Waals surface area contributed by atoms with Gasteiger partial charge in [0, 0.05) is 23.2 Å². The number of Topliss-reactive ketones (excluding diaryl/α,β-unsaturated/α-hetero) is 1. The highest BCUT2D eigenvalue weighted by Gasteiger charge is 2.38. The van der Waals surface area contributed by atoms with Crippen molar-refractivity contribution in [2.24, 2.45) is 5.41 Å². The second kappa shape index (κ2) is 2.60. The molecular weight excluding hydrogens is 146 g/mol. The van der Waals surface area contributed by atoms with Gasteiger partial charge in [0.25, 0.3) is 0 Å². The van der Waals surface area contributed by atoms with Crippen molar-refractivity contribution in [3.05, 3.63) is 10.1 Å². The molecule has 1 unspecified atom stereocenters. The van der Waals surface area contributed by atoms with Gasteiger partial charge >= 0.3 is 0 Å². The van der Waals surface area contributed by atoms with E-state index in [0.29, 0.717) is 19.3 Å². The Bertz CT molecular complexity index is 202. The molecule has 0 aromatic carbocycles. The zero-order chi connectivity index (χ0) is 8.48. The first-order chi connectivity index (χ1) is 5.02. The van der Waals surface area contributed by atoms with Crippen LogP contribution in [0.4, 0.5) is 0 Å². The van der Waals surface area contributed by atoms with Crippen LogP contribution in [0.5, 0.6) is 0 Å². The van der Waals surface area contributed by atoms with E-state index in [1.54, 1.807) is 6.92 Å². The second-order valence-electron chi connectivity index (χ2n) is 3.52. The SMILES string of the molecule is CC1(C[N+](=O)[O-])CCC(=O)C1. The monoisotopic (exact) mass is 157 g/mol. The highest BCUT2D eigenvalue weighted by atomic mass is 16.6. The van der Waals surface area contributed by atoms with Crippen LogP contribution in [0.1, 0.15) is 26.2 Å². The number of ketones is 1. The Morgan fingerprint density at radius 1 is 1.73 bits per heavy atom. The molecule has 4 heteroatoms. The van der Waals surface area contributed by atoms with Gasteiger partial charge in [-0.3, -0.25) is 14.9 Å². The third kappa shape index (κ3) is 2.00. The lowest BCUT2D eigenvalue weighted by molar-refractivity contribution is -0.496. The molecule has 1 fully saturated rings. The van der Waals surface area contributed by atoms with Crippen LogP contribution in [0.25, 0.3) is 0 Å². The second-order valence-corrected chi connectivity index (χ2v) is 3.52. The molecule has 0 bridgehead atoms. The number of carbonyl (C=O) groups is 1. The van der Waals surface area contributed by atoms with Crippen molar-refractivity contribution in [1.29, 1.82) is 0 Å². The molecule has 1 saturated carbocycles. The van der Waals surface area contributed by atoms with E-state index in [1.165, 1.54) is 0 Å². The quantitative estimate of drug-likeness (QED) is 0.444. The minimum absolute atomic E-state index is 0.0707. The van der Waals surface area contributed by atoms with Crippen molar-refractivity contribution >= 4 is 5.78 Å². The number of rotatable bonds is 2.